The van der Waals surface area contributed by atoms with E-state index in [-0.39, 0.29) is 30.7 Å². The van der Waals surface area contributed by atoms with Crippen molar-refractivity contribution in [2.45, 2.75) is 51.3 Å². The highest BCUT2D eigenvalue weighted by molar-refractivity contribution is 5.99. The summed E-state index contributed by atoms with van der Waals surface area (Å²) < 4.78 is 45.9. The van der Waals surface area contributed by atoms with Gasteiger partial charge in [0.15, 0.2) is 17.7 Å². The number of carbonyl (C=O) groups excluding carboxylic acids is 2. The highest BCUT2D eigenvalue weighted by Gasteiger charge is 2.33. The lowest BCUT2D eigenvalue weighted by atomic mass is 10.0. The third kappa shape index (κ3) is 7.06. The molecule has 0 radical (unpaired) electrons. The maximum Gasteiger partial charge on any atom is 0.345 e. The fourth-order valence-corrected chi connectivity index (χ4v) is 3.72. The van der Waals surface area contributed by atoms with E-state index in [1.165, 1.54) is 30.5 Å². The Hall–Kier alpha value is -3.93. The number of hydrogen-bond donors (Lipinski definition) is 3. The van der Waals surface area contributed by atoms with Crippen molar-refractivity contribution in [2.24, 2.45) is 16.8 Å². The van der Waals surface area contributed by atoms with Gasteiger partial charge in [-0.25, -0.2) is 23.0 Å². The maximum absolute atomic E-state index is 13.9. The van der Waals surface area contributed by atoms with E-state index in [0.717, 1.165) is 5.01 Å². The number of aliphatic carboxylic acids is 1. The van der Waals surface area contributed by atoms with Gasteiger partial charge >= 0.3 is 5.97 Å². The van der Waals surface area contributed by atoms with Crippen molar-refractivity contribution < 1.29 is 37.4 Å². The van der Waals surface area contributed by atoms with Crippen molar-refractivity contribution in [1.82, 2.24) is 5.01 Å². The fraction of sp³-hybridized carbons (Fsp3) is 0.360. The van der Waals surface area contributed by atoms with Crippen LogP contribution in [0.3, 0.4) is 0 Å². The lowest BCUT2D eigenvalue weighted by Gasteiger charge is -2.23. The summed E-state index contributed by atoms with van der Waals surface area (Å²) in [6.45, 7) is 3.44. The normalized spacial score (nSPS) is 16.5. The number of carboxylic acid groups (broad SMARTS) is 1. The zero-order valence-corrected chi connectivity index (χ0v) is 20.2. The molecule has 0 spiro atoms. The zero-order valence-electron chi connectivity index (χ0n) is 20.2. The first-order valence-electron chi connectivity index (χ1n) is 11.5. The Morgan fingerprint density at radius 1 is 1.14 bits per heavy atom. The SMILES string of the molecule is CC(C)[C@@H](Oc1ccc(NC(=O)C2CC=NN2C(=O)C[C@H](N)Cc2cc(F)c(F)cc2F)cc1)C(=O)O. The standard InChI is InChI=1S/C25H27F3N4O5/c1-13(2)23(25(35)36)37-17-5-3-16(4-6-17)31-24(34)21-7-8-30-32(21)22(33)11-15(29)9-14-10-19(27)20(28)12-18(14)26/h3-6,8,10,12-13,15,21,23H,7,9,11,29H2,1-2H3,(H,31,34)(H,35,36)/t15-,21?,23-/m1/s1. The molecule has 1 heterocycles. The molecular weight excluding hydrogens is 493 g/mol. The topological polar surface area (TPSA) is 134 Å². The molecule has 1 aliphatic rings. The highest BCUT2D eigenvalue weighted by Crippen LogP contribution is 2.22. The molecule has 2 amide bonds. The number of anilines is 1. The molecule has 3 atom stereocenters. The van der Waals surface area contributed by atoms with Gasteiger partial charge in [0, 0.05) is 42.8 Å². The molecule has 4 N–H and O–H groups in total. The zero-order chi connectivity index (χ0) is 27.3. The summed E-state index contributed by atoms with van der Waals surface area (Å²) in [6, 6.07) is 5.31. The Morgan fingerprint density at radius 3 is 2.41 bits per heavy atom. The van der Waals surface area contributed by atoms with E-state index >= 15 is 0 Å². The Balaban J connectivity index is 1.58. The van der Waals surface area contributed by atoms with Gasteiger partial charge in [0.1, 0.15) is 17.6 Å². The van der Waals surface area contributed by atoms with Crippen molar-refractivity contribution >= 4 is 29.7 Å². The van der Waals surface area contributed by atoms with Crippen molar-refractivity contribution in [2.75, 3.05) is 5.32 Å². The van der Waals surface area contributed by atoms with E-state index in [2.05, 4.69) is 10.4 Å². The van der Waals surface area contributed by atoms with Gasteiger partial charge in [-0.15, -0.1) is 0 Å². The summed E-state index contributed by atoms with van der Waals surface area (Å²) in [5.74, 6) is -5.68. The second-order valence-electron chi connectivity index (χ2n) is 8.95. The highest BCUT2D eigenvalue weighted by atomic mass is 19.2. The molecule has 2 aromatic carbocycles. The van der Waals surface area contributed by atoms with Crippen molar-refractivity contribution in [3.05, 3.63) is 59.4 Å². The fourth-order valence-electron chi connectivity index (χ4n) is 3.72. The first-order valence-corrected chi connectivity index (χ1v) is 11.5. The molecular formula is C25H27F3N4O5. The number of hydrogen-bond acceptors (Lipinski definition) is 6. The Kier molecular flexibility index (Phi) is 8.87. The third-order valence-electron chi connectivity index (χ3n) is 5.63. The van der Waals surface area contributed by atoms with Gasteiger partial charge in [0.2, 0.25) is 11.8 Å². The van der Waals surface area contributed by atoms with E-state index in [4.69, 9.17) is 10.5 Å². The molecule has 9 nitrogen and oxygen atoms in total. The molecule has 0 saturated carbocycles. The van der Waals surface area contributed by atoms with Crippen molar-refractivity contribution in [3.63, 3.8) is 0 Å². The lowest BCUT2D eigenvalue weighted by Crippen LogP contribution is -2.43. The van der Waals surface area contributed by atoms with Gasteiger partial charge in [-0.05, 0) is 42.3 Å². The summed E-state index contributed by atoms with van der Waals surface area (Å²) in [5, 5.41) is 16.8. The van der Waals surface area contributed by atoms with Crippen LogP contribution in [-0.2, 0) is 20.8 Å². The van der Waals surface area contributed by atoms with Crippen LogP contribution in [0, 0.1) is 23.4 Å². The van der Waals surface area contributed by atoms with Crippen LogP contribution in [0.15, 0.2) is 41.5 Å². The molecule has 0 aliphatic carbocycles. The van der Waals surface area contributed by atoms with Crippen molar-refractivity contribution in [1.29, 1.82) is 0 Å². The molecule has 37 heavy (non-hydrogen) atoms. The van der Waals surface area contributed by atoms with Crippen molar-refractivity contribution in [3.8, 4) is 5.75 Å². The lowest BCUT2D eigenvalue weighted by molar-refractivity contribution is -0.147. The molecule has 2 aromatic rings. The summed E-state index contributed by atoms with van der Waals surface area (Å²) in [4.78, 5) is 36.9. The predicted molar refractivity (Wildman–Crippen MR) is 128 cm³/mol. The summed E-state index contributed by atoms with van der Waals surface area (Å²) >= 11 is 0. The van der Waals surface area contributed by atoms with Gasteiger partial charge in [-0.2, -0.15) is 5.10 Å². The van der Waals surface area contributed by atoms with Crippen LogP contribution in [0.1, 0.15) is 32.3 Å². The Bertz CT molecular complexity index is 1190. The largest absolute Gasteiger partial charge is 0.478 e. The van der Waals surface area contributed by atoms with Gasteiger partial charge in [0.25, 0.3) is 0 Å². The first kappa shape index (κ1) is 27.7. The third-order valence-corrected chi connectivity index (χ3v) is 5.63. The minimum Gasteiger partial charge on any atom is -0.478 e. The van der Waals surface area contributed by atoms with E-state index in [1.807, 2.05) is 0 Å². The summed E-state index contributed by atoms with van der Waals surface area (Å²) in [7, 11) is 0. The number of rotatable bonds is 10. The van der Waals surface area contributed by atoms with Gasteiger partial charge in [-0.1, -0.05) is 13.8 Å². The number of benzene rings is 2. The average molecular weight is 521 g/mol. The van der Waals surface area contributed by atoms with E-state index in [1.54, 1.807) is 13.8 Å². The molecule has 0 fully saturated rings. The Morgan fingerprint density at radius 2 is 1.78 bits per heavy atom. The van der Waals surface area contributed by atoms with Crippen LogP contribution in [-0.4, -0.2) is 52.3 Å². The monoisotopic (exact) mass is 520 g/mol. The number of nitrogens with zero attached hydrogens (tertiary/aromatic N) is 2. The van der Waals surface area contributed by atoms with E-state index in [0.29, 0.717) is 23.6 Å². The molecule has 12 heteroatoms. The molecule has 0 saturated heterocycles. The second kappa shape index (κ2) is 11.9. The summed E-state index contributed by atoms with van der Waals surface area (Å²) in [5.41, 5.74) is 6.15. The minimum atomic E-state index is -1.33. The number of nitrogens with two attached hydrogens (primary N) is 1. The van der Waals surface area contributed by atoms with Gasteiger partial charge < -0.3 is 20.9 Å². The van der Waals surface area contributed by atoms with Gasteiger partial charge in [0.05, 0.1) is 0 Å². The number of carbonyl (C=O) groups is 3. The second-order valence-corrected chi connectivity index (χ2v) is 8.95. The number of nitrogens with one attached hydrogen (secondary N) is 1. The number of ether oxygens (including phenoxy) is 1. The average Bonchev–Trinajstić information content (AvgIpc) is 3.32. The Labute approximate surface area is 211 Å². The molecule has 0 aromatic heterocycles. The van der Waals surface area contributed by atoms with Crippen LogP contribution in [0.5, 0.6) is 5.75 Å². The number of halogens is 3. The molecule has 3 rings (SSSR count). The van der Waals surface area contributed by atoms with Crippen LogP contribution < -0.4 is 15.8 Å². The minimum absolute atomic E-state index is 0.153. The summed E-state index contributed by atoms with van der Waals surface area (Å²) in [6.07, 6.45) is -0.0119. The molecule has 1 unspecified atom stereocenters. The first-order chi connectivity index (χ1) is 17.5. The van der Waals surface area contributed by atoms with Crippen LogP contribution in [0.2, 0.25) is 0 Å². The predicted octanol–water partition coefficient (Wildman–Crippen LogP) is 3.08. The number of amides is 2. The maximum atomic E-state index is 13.9. The number of hydrazone groups is 1. The molecule has 0 bridgehead atoms. The van der Waals surface area contributed by atoms with Crippen LogP contribution >= 0.6 is 0 Å². The van der Waals surface area contributed by atoms with E-state index in [9.17, 15) is 32.7 Å². The van der Waals surface area contributed by atoms with Gasteiger partial charge in [-0.3, -0.25) is 9.59 Å². The smallest absolute Gasteiger partial charge is 0.345 e. The quantitative estimate of drug-likeness (QED) is 0.412. The molecule has 198 valence electrons. The molecule has 1 aliphatic heterocycles. The number of carboxylic acids is 1. The van der Waals surface area contributed by atoms with Crippen LogP contribution in [0.25, 0.3) is 0 Å². The van der Waals surface area contributed by atoms with E-state index < -0.39 is 53.4 Å². The van der Waals surface area contributed by atoms with Crippen LogP contribution in [0.4, 0.5) is 18.9 Å².